The molecule has 8 heteroatoms. The van der Waals surface area contributed by atoms with Gasteiger partial charge in [-0.15, -0.1) is 0 Å². The molecule has 2 aromatic rings. The second-order valence-electron chi connectivity index (χ2n) is 3.75. The molecule has 2 heterocycles. The number of methoxy groups -OCH3 is 1. The Morgan fingerprint density at radius 3 is 2.90 bits per heavy atom. The number of halogens is 1. The summed E-state index contributed by atoms with van der Waals surface area (Å²) in [4.78, 5) is 16.8. The van der Waals surface area contributed by atoms with E-state index in [4.69, 9.17) is 16.3 Å². The van der Waals surface area contributed by atoms with Gasteiger partial charge < -0.3 is 10.1 Å². The summed E-state index contributed by atoms with van der Waals surface area (Å²) in [5.41, 5.74) is 0. The molecule has 106 valence electrons. The van der Waals surface area contributed by atoms with E-state index in [1.165, 1.54) is 18.9 Å². The van der Waals surface area contributed by atoms with Crippen molar-refractivity contribution in [2.75, 3.05) is 19.0 Å². The van der Waals surface area contributed by atoms with Crippen LogP contribution >= 0.6 is 23.4 Å². The van der Waals surface area contributed by atoms with Crippen molar-refractivity contribution in [3.63, 3.8) is 0 Å². The third-order valence-corrected chi connectivity index (χ3v) is 3.52. The zero-order valence-corrected chi connectivity index (χ0v) is 12.7. The lowest BCUT2D eigenvalue weighted by molar-refractivity contribution is 0.373. The van der Waals surface area contributed by atoms with Crippen molar-refractivity contribution < 1.29 is 4.74 Å². The molecule has 0 radical (unpaired) electrons. The Bertz CT molecular complexity index is 584. The summed E-state index contributed by atoms with van der Waals surface area (Å²) in [5.74, 6) is 0.480. The molecule has 0 bridgehead atoms. The molecule has 0 aliphatic heterocycles. The van der Waals surface area contributed by atoms with Crippen molar-refractivity contribution in [3.05, 3.63) is 23.4 Å². The summed E-state index contributed by atoms with van der Waals surface area (Å²) < 4.78 is 5.07. The minimum atomic E-state index is 0.258. The third kappa shape index (κ3) is 3.94. The van der Waals surface area contributed by atoms with E-state index in [2.05, 4.69) is 32.2 Å². The zero-order valence-electron chi connectivity index (χ0n) is 11.1. The lowest BCUT2D eigenvalue weighted by Gasteiger charge is -2.07. The maximum atomic E-state index is 6.07. The molecule has 0 saturated heterocycles. The predicted octanol–water partition coefficient (Wildman–Crippen LogP) is 2.90. The van der Waals surface area contributed by atoms with Crippen LogP contribution in [0, 0.1) is 0 Å². The van der Waals surface area contributed by atoms with Gasteiger partial charge in [-0.3, -0.25) is 0 Å². The van der Waals surface area contributed by atoms with E-state index in [-0.39, 0.29) is 6.01 Å². The van der Waals surface area contributed by atoms with Gasteiger partial charge in [-0.2, -0.15) is 15.0 Å². The number of anilines is 1. The summed E-state index contributed by atoms with van der Waals surface area (Å²) in [5, 5.41) is 4.78. The van der Waals surface area contributed by atoms with E-state index in [0.29, 0.717) is 21.2 Å². The first-order valence-corrected chi connectivity index (χ1v) is 7.24. The Hall–Kier alpha value is -1.60. The van der Waals surface area contributed by atoms with Crippen LogP contribution in [0.4, 0.5) is 5.95 Å². The first kappa shape index (κ1) is 14.8. The van der Waals surface area contributed by atoms with Crippen LogP contribution in [0.15, 0.2) is 28.5 Å². The molecular formula is C12H14ClN5OS. The van der Waals surface area contributed by atoms with E-state index in [9.17, 15) is 0 Å². The van der Waals surface area contributed by atoms with Gasteiger partial charge in [-0.05, 0) is 30.3 Å². The summed E-state index contributed by atoms with van der Waals surface area (Å²) in [7, 11) is 1.52. The monoisotopic (exact) mass is 311 g/mol. The van der Waals surface area contributed by atoms with Crippen molar-refractivity contribution in [1.82, 2.24) is 19.9 Å². The number of rotatable bonds is 6. The molecule has 6 nitrogen and oxygen atoms in total. The predicted molar refractivity (Wildman–Crippen MR) is 78.5 cm³/mol. The van der Waals surface area contributed by atoms with E-state index in [1.807, 2.05) is 0 Å². The molecule has 0 fully saturated rings. The smallest absolute Gasteiger partial charge is 0.321 e. The highest BCUT2D eigenvalue weighted by Crippen LogP contribution is 2.29. The molecule has 0 spiro atoms. The summed E-state index contributed by atoms with van der Waals surface area (Å²) in [6.07, 6.45) is 2.64. The number of hydrogen-bond donors (Lipinski definition) is 1. The highest BCUT2D eigenvalue weighted by Gasteiger charge is 2.10. The van der Waals surface area contributed by atoms with Crippen molar-refractivity contribution in [2.45, 2.75) is 23.5 Å². The number of pyridine rings is 1. The molecule has 0 unspecified atom stereocenters. The first-order chi connectivity index (χ1) is 9.72. The molecule has 0 aliphatic rings. The number of aromatic nitrogens is 4. The number of nitrogens with one attached hydrogen (secondary N) is 1. The lowest BCUT2D eigenvalue weighted by atomic mass is 10.5. The second kappa shape index (κ2) is 7.25. The lowest BCUT2D eigenvalue weighted by Crippen LogP contribution is -2.07. The molecule has 0 aromatic carbocycles. The Morgan fingerprint density at radius 1 is 1.35 bits per heavy atom. The maximum absolute atomic E-state index is 6.07. The van der Waals surface area contributed by atoms with Crippen LogP contribution in [0.25, 0.3) is 0 Å². The van der Waals surface area contributed by atoms with Crippen molar-refractivity contribution in [1.29, 1.82) is 0 Å². The maximum Gasteiger partial charge on any atom is 0.321 e. The Labute approximate surface area is 126 Å². The quantitative estimate of drug-likeness (QED) is 0.879. The molecule has 20 heavy (non-hydrogen) atoms. The Morgan fingerprint density at radius 2 is 2.20 bits per heavy atom. The van der Waals surface area contributed by atoms with Crippen molar-refractivity contribution in [3.8, 4) is 6.01 Å². The van der Waals surface area contributed by atoms with Gasteiger partial charge in [0.1, 0.15) is 5.03 Å². The molecule has 1 N–H and O–H groups in total. The second-order valence-corrected chi connectivity index (χ2v) is 5.11. The fourth-order valence-corrected chi connectivity index (χ4v) is 2.27. The topological polar surface area (TPSA) is 72.8 Å². The van der Waals surface area contributed by atoms with Crippen LogP contribution in [-0.4, -0.2) is 33.6 Å². The SMILES string of the molecule is CCCNc1nc(OC)nc(Sc2ncccc2Cl)n1. The van der Waals surface area contributed by atoms with Gasteiger partial charge in [0.05, 0.1) is 12.1 Å². The average molecular weight is 312 g/mol. The first-order valence-electron chi connectivity index (χ1n) is 6.05. The van der Waals surface area contributed by atoms with Gasteiger partial charge in [-0.1, -0.05) is 18.5 Å². The van der Waals surface area contributed by atoms with Gasteiger partial charge in [0.15, 0.2) is 0 Å². The summed E-state index contributed by atoms with van der Waals surface area (Å²) in [6, 6.07) is 3.80. The number of hydrogen-bond acceptors (Lipinski definition) is 7. The van der Waals surface area contributed by atoms with Crippen LogP contribution in [0.5, 0.6) is 6.01 Å². The molecule has 0 saturated carbocycles. The Balaban J connectivity index is 2.24. The zero-order chi connectivity index (χ0) is 14.4. The fraction of sp³-hybridized carbons (Fsp3) is 0.333. The standard InChI is InChI=1S/C12H14ClN5OS/c1-3-6-15-10-16-11(19-2)18-12(17-10)20-9-8(13)5-4-7-14-9/h4-5,7H,3,6H2,1-2H3,(H,15,16,17,18). The largest absolute Gasteiger partial charge is 0.467 e. The molecule has 2 aromatic heterocycles. The molecule has 2 rings (SSSR count). The van der Waals surface area contributed by atoms with Crippen LogP contribution < -0.4 is 10.1 Å². The summed E-state index contributed by atoms with van der Waals surface area (Å²) >= 11 is 7.34. The molecule has 0 amide bonds. The van der Waals surface area contributed by atoms with Crippen LogP contribution in [0.2, 0.25) is 5.02 Å². The Kier molecular flexibility index (Phi) is 5.37. The minimum absolute atomic E-state index is 0.258. The van der Waals surface area contributed by atoms with Crippen LogP contribution in [0.3, 0.4) is 0 Å². The number of ether oxygens (including phenoxy) is 1. The number of nitrogens with zero attached hydrogens (tertiary/aromatic N) is 4. The van der Waals surface area contributed by atoms with Gasteiger partial charge >= 0.3 is 6.01 Å². The van der Waals surface area contributed by atoms with E-state index < -0.39 is 0 Å². The van der Waals surface area contributed by atoms with E-state index >= 15 is 0 Å². The minimum Gasteiger partial charge on any atom is -0.467 e. The average Bonchev–Trinajstić information content (AvgIpc) is 2.47. The van der Waals surface area contributed by atoms with Gasteiger partial charge in [0.25, 0.3) is 0 Å². The molecule has 0 aliphatic carbocycles. The third-order valence-electron chi connectivity index (χ3n) is 2.22. The van der Waals surface area contributed by atoms with E-state index in [1.54, 1.807) is 18.3 Å². The van der Waals surface area contributed by atoms with Crippen LogP contribution in [0.1, 0.15) is 13.3 Å². The van der Waals surface area contributed by atoms with Crippen molar-refractivity contribution in [2.24, 2.45) is 0 Å². The molecular weight excluding hydrogens is 298 g/mol. The van der Waals surface area contributed by atoms with E-state index in [0.717, 1.165) is 13.0 Å². The highest BCUT2D eigenvalue weighted by molar-refractivity contribution is 7.99. The van der Waals surface area contributed by atoms with Gasteiger partial charge in [0.2, 0.25) is 11.1 Å². The van der Waals surface area contributed by atoms with Crippen LogP contribution in [-0.2, 0) is 0 Å². The summed E-state index contributed by atoms with van der Waals surface area (Å²) in [6.45, 7) is 2.84. The molecule has 0 atom stereocenters. The van der Waals surface area contributed by atoms with Crippen molar-refractivity contribution >= 4 is 29.3 Å². The highest BCUT2D eigenvalue weighted by atomic mass is 35.5. The normalized spacial score (nSPS) is 10.3. The fourth-order valence-electron chi connectivity index (χ4n) is 1.32. The van der Waals surface area contributed by atoms with Gasteiger partial charge in [-0.25, -0.2) is 4.98 Å². The van der Waals surface area contributed by atoms with Gasteiger partial charge in [0, 0.05) is 12.7 Å².